The van der Waals surface area contributed by atoms with Gasteiger partial charge in [0.15, 0.2) is 5.17 Å². The molecule has 0 saturated carbocycles. The van der Waals surface area contributed by atoms with Crippen molar-refractivity contribution in [3.63, 3.8) is 0 Å². The molecule has 1 aromatic rings. The molecule has 1 aliphatic heterocycles. The van der Waals surface area contributed by atoms with Crippen molar-refractivity contribution < 1.29 is 23.1 Å². The predicted molar refractivity (Wildman–Crippen MR) is 204 cm³/mol. The average molecular weight is 702 g/mol. The Morgan fingerprint density at radius 2 is 1.40 bits per heavy atom. The molecule has 0 radical (unpaired) electrons. The molecule has 1 aliphatic carbocycles. The molecule has 0 amide bonds. The molecule has 48 heavy (non-hydrogen) atoms. The molecule has 8 nitrogen and oxygen atoms in total. The molecular formula is C38H59N3O5S2. The van der Waals surface area contributed by atoms with Crippen LogP contribution in [0.1, 0.15) is 149 Å². The van der Waals surface area contributed by atoms with Gasteiger partial charge in [0.2, 0.25) is 15.8 Å². The van der Waals surface area contributed by atoms with E-state index in [0.717, 1.165) is 44.9 Å². The van der Waals surface area contributed by atoms with Gasteiger partial charge in [-0.1, -0.05) is 117 Å². The summed E-state index contributed by atoms with van der Waals surface area (Å²) in [6.45, 7) is 9.51. The Labute approximate surface area is 294 Å². The van der Waals surface area contributed by atoms with Crippen molar-refractivity contribution in [1.82, 2.24) is 0 Å². The number of carbonyl (C=O) groups is 1. The van der Waals surface area contributed by atoms with Crippen LogP contribution in [-0.2, 0) is 14.8 Å². The van der Waals surface area contributed by atoms with Crippen LogP contribution in [0.3, 0.4) is 0 Å². The minimum atomic E-state index is -3.70. The first kappa shape index (κ1) is 39.8. The fraction of sp³-hybridized carbons (Fsp3) is 0.658. The van der Waals surface area contributed by atoms with Crippen molar-refractivity contribution in [3.05, 3.63) is 40.0 Å². The number of aliphatic hydroxyl groups is 1. The quantitative estimate of drug-likeness (QED) is 0.0774. The number of ether oxygens (including phenoxy) is 1. The van der Waals surface area contributed by atoms with Gasteiger partial charge < -0.3 is 9.84 Å². The van der Waals surface area contributed by atoms with Gasteiger partial charge in [-0.05, 0) is 50.1 Å². The highest BCUT2D eigenvalue weighted by molar-refractivity contribution is 8.18. The summed E-state index contributed by atoms with van der Waals surface area (Å²) in [5.41, 5.74) is 1.53. The van der Waals surface area contributed by atoms with Crippen LogP contribution in [-0.4, -0.2) is 49.1 Å². The van der Waals surface area contributed by atoms with Gasteiger partial charge in [-0.25, -0.2) is 13.4 Å². The fourth-order valence-corrected chi connectivity index (χ4v) is 8.06. The largest absolute Gasteiger partial charge is 0.506 e. The van der Waals surface area contributed by atoms with E-state index in [9.17, 15) is 18.3 Å². The Morgan fingerprint density at radius 3 is 2.00 bits per heavy atom. The second-order valence-corrected chi connectivity index (χ2v) is 15.8. The van der Waals surface area contributed by atoms with Gasteiger partial charge >= 0.3 is 0 Å². The zero-order valence-electron chi connectivity index (χ0n) is 29.9. The van der Waals surface area contributed by atoms with Gasteiger partial charge in [-0.15, -0.1) is 0 Å². The van der Waals surface area contributed by atoms with Gasteiger partial charge in [0, 0.05) is 18.2 Å². The fourth-order valence-electron chi connectivity index (χ4n) is 5.86. The summed E-state index contributed by atoms with van der Waals surface area (Å²) in [6, 6.07) is 5.04. The smallest absolute Gasteiger partial charge is 0.232 e. The molecule has 10 heteroatoms. The Kier molecular flexibility index (Phi) is 17.8. The molecule has 2 aliphatic rings. The summed E-state index contributed by atoms with van der Waals surface area (Å²) in [7, 11) is -3.70. The Bertz CT molecular complexity index is 1430. The highest BCUT2D eigenvalue weighted by Crippen LogP contribution is 2.45. The van der Waals surface area contributed by atoms with Crippen molar-refractivity contribution in [2.45, 2.75) is 143 Å². The van der Waals surface area contributed by atoms with E-state index < -0.39 is 10.0 Å². The third-order valence-electron chi connectivity index (χ3n) is 8.76. The highest BCUT2D eigenvalue weighted by Gasteiger charge is 2.41. The molecule has 0 saturated heterocycles. The van der Waals surface area contributed by atoms with Crippen LogP contribution >= 0.6 is 11.8 Å². The summed E-state index contributed by atoms with van der Waals surface area (Å²) in [4.78, 5) is 23.2. The molecule has 2 N–H and O–H groups in total. The maximum atomic E-state index is 13.6. The van der Waals surface area contributed by atoms with Gasteiger partial charge in [-0.2, -0.15) is 0 Å². The Hall–Kier alpha value is -2.59. The number of unbranched alkanes of at least 4 members (excludes halogenated alkanes) is 15. The minimum absolute atomic E-state index is 0.00744. The number of aliphatic imine (C=N–C) groups is 2. The number of anilines is 1. The molecular weight excluding hydrogens is 643 g/mol. The van der Waals surface area contributed by atoms with E-state index in [1.165, 1.54) is 76.0 Å². The number of hydrogen-bond donors (Lipinski definition) is 2. The summed E-state index contributed by atoms with van der Waals surface area (Å²) in [5, 5.41) is 11.8. The second-order valence-electron chi connectivity index (χ2n) is 13.0. The van der Waals surface area contributed by atoms with Crippen molar-refractivity contribution in [2.24, 2.45) is 9.98 Å². The number of hydrogen-bond acceptors (Lipinski definition) is 7. The monoisotopic (exact) mass is 701 g/mol. The molecule has 0 unspecified atom stereocenters. The molecule has 0 aromatic heterocycles. The number of thioether (sulfide) groups is 1. The third kappa shape index (κ3) is 12.7. The van der Waals surface area contributed by atoms with Gasteiger partial charge in [0.1, 0.15) is 11.5 Å². The first-order chi connectivity index (χ1) is 23.2. The summed E-state index contributed by atoms with van der Waals surface area (Å²) < 4.78 is 35.3. The van der Waals surface area contributed by atoms with Gasteiger partial charge in [-0.3, -0.25) is 14.5 Å². The number of rotatable bonds is 25. The lowest BCUT2D eigenvalue weighted by Gasteiger charge is -2.25. The topological polar surface area (TPSA) is 117 Å². The molecule has 3 rings (SSSR count). The van der Waals surface area contributed by atoms with Crippen molar-refractivity contribution >= 4 is 49.7 Å². The van der Waals surface area contributed by atoms with Gasteiger partial charge in [0.25, 0.3) is 0 Å². The zero-order valence-corrected chi connectivity index (χ0v) is 31.5. The Balaban J connectivity index is 1.72. The first-order valence-electron chi connectivity index (χ1n) is 18.5. The normalized spacial score (nSPS) is 17.3. The molecule has 0 bridgehead atoms. The lowest BCUT2D eigenvalue weighted by Crippen LogP contribution is -2.25. The number of Topliss-reactive ketones (excluding diaryl/α,β-unsaturated/α-hetero) is 1. The maximum Gasteiger partial charge on any atom is 0.232 e. The maximum absolute atomic E-state index is 13.6. The van der Waals surface area contributed by atoms with Crippen LogP contribution in [0.15, 0.2) is 44.4 Å². The summed E-state index contributed by atoms with van der Waals surface area (Å²) in [5.74, 6) is 0.0293. The van der Waals surface area contributed by atoms with Crippen LogP contribution in [0.25, 0.3) is 5.57 Å². The SMILES string of the molecule is CCCCCCCCCCCCS(=O)(=O)Nc1cc(OCCCCCCCC)ccc1C1=C(O)C(=C2SC(=NCCCC)N=C2C)C1=O. The van der Waals surface area contributed by atoms with Crippen molar-refractivity contribution in [1.29, 1.82) is 0 Å². The number of nitrogens with zero attached hydrogens (tertiary/aromatic N) is 2. The molecule has 0 fully saturated rings. The molecule has 0 spiro atoms. The molecule has 0 atom stereocenters. The van der Waals surface area contributed by atoms with Crippen molar-refractivity contribution in [3.8, 4) is 5.75 Å². The predicted octanol–water partition coefficient (Wildman–Crippen LogP) is 10.6. The van der Waals surface area contributed by atoms with E-state index in [1.807, 2.05) is 0 Å². The van der Waals surface area contributed by atoms with E-state index in [2.05, 4.69) is 35.5 Å². The van der Waals surface area contributed by atoms with Crippen LogP contribution in [0.4, 0.5) is 5.69 Å². The lowest BCUT2D eigenvalue weighted by atomic mass is 9.82. The lowest BCUT2D eigenvalue weighted by molar-refractivity contribution is -0.111. The molecule has 1 heterocycles. The summed E-state index contributed by atoms with van der Waals surface area (Å²) in [6.07, 6.45) is 19.9. The van der Waals surface area contributed by atoms with Crippen LogP contribution in [0.5, 0.6) is 5.75 Å². The number of allylic oxidation sites excluding steroid dienone is 3. The number of benzene rings is 1. The number of sulfonamides is 1. The number of amidine groups is 1. The second kappa shape index (κ2) is 21.5. The van der Waals surface area contributed by atoms with E-state index in [-0.39, 0.29) is 34.1 Å². The zero-order chi connectivity index (χ0) is 34.8. The molecule has 1 aromatic carbocycles. The number of nitrogens with one attached hydrogen (secondary N) is 1. The third-order valence-corrected chi connectivity index (χ3v) is 11.2. The van der Waals surface area contributed by atoms with Crippen molar-refractivity contribution in [2.75, 3.05) is 23.6 Å². The van der Waals surface area contributed by atoms with Gasteiger partial charge in [0.05, 0.1) is 39.8 Å². The standard InChI is InChI=1S/C38H59N3O5S2/c1-5-8-11-13-15-16-17-18-20-22-27-48(44,45)41-32-28-30(46-26-21-19-14-12-9-6-2)23-24-31(32)33-35(42)34(36(33)43)37-29(4)40-38(47-37)39-25-10-7-3/h23-24,28,41-42H,5-22,25-27H2,1-4H3. The number of ketones is 1. The van der Waals surface area contributed by atoms with E-state index >= 15 is 0 Å². The number of carbonyl (C=O) groups excluding carboxylic acids is 1. The van der Waals surface area contributed by atoms with E-state index in [4.69, 9.17) is 4.74 Å². The van der Waals surface area contributed by atoms with E-state index in [0.29, 0.717) is 46.7 Å². The average Bonchev–Trinajstić information content (AvgIpc) is 3.41. The summed E-state index contributed by atoms with van der Waals surface area (Å²) >= 11 is 1.29. The highest BCUT2D eigenvalue weighted by atomic mass is 32.2. The molecule has 268 valence electrons. The van der Waals surface area contributed by atoms with E-state index in [1.54, 1.807) is 25.1 Å². The number of aliphatic hydroxyl groups excluding tert-OH is 1. The minimum Gasteiger partial charge on any atom is -0.506 e. The van der Waals surface area contributed by atoms with Crippen LogP contribution < -0.4 is 9.46 Å². The Morgan fingerprint density at radius 1 is 0.812 bits per heavy atom. The van der Waals surface area contributed by atoms with Crippen LogP contribution in [0.2, 0.25) is 0 Å². The first-order valence-corrected chi connectivity index (χ1v) is 21.0. The van der Waals surface area contributed by atoms with Crippen LogP contribution in [0, 0.1) is 0 Å².